The molecule has 4 aliphatic carbocycles. The summed E-state index contributed by atoms with van der Waals surface area (Å²) in [5.74, 6) is 3.12. The molecule has 32 heavy (non-hydrogen) atoms. The third-order valence-corrected chi connectivity index (χ3v) is 10.7. The van der Waals surface area contributed by atoms with Crippen molar-refractivity contribution in [3.63, 3.8) is 0 Å². The molecule has 0 bridgehead atoms. The highest BCUT2D eigenvalue weighted by Crippen LogP contribution is 2.67. The second-order valence-electron chi connectivity index (χ2n) is 11.7. The summed E-state index contributed by atoms with van der Waals surface area (Å²) in [6.07, 6.45) is 17.3. The summed E-state index contributed by atoms with van der Waals surface area (Å²) in [7, 11) is 0. The molecule has 0 amide bonds. The highest BCUT2D eigenvalue weighted by molar-refractivity contribution is 5.85. The van der Waals surface area contributed by atoms with E-state index >= 15 is 0 Å². The number of nitro groups is 1. The summed E-state index contributed by atoms with van der Waals surface area (Å²) in [5, 5.41) is 12.2. The van der Waals surface area contributed by atoms with Crippen LogP contribution >= 0.6 is 12.4 Å². The van der Waals surface area contributed by atoms with Crippen LogP contribution in [0.4, 0.5) is 0 Å². The SMILES string of the molecule is C[C@]12CCCC[C@@H]1CC[C@@H]1[C@@H]2CC[C@]2(CCCCc3ccccc3)[C@@H]([N+](=O)[O-])CC[C@@H]12.Cl. The zero-order chi connectivity index (χ0) is 21.5. The molecule has 0 saturated heterocycles. The number of unbranched alkanes of at least 4 members (excludes halogenated alkanes) is 1. The first-order valence-corrected chi connectivity index (χ1v) is 13.2. The van der Waals surface area contributed by atoms with Crippen molar-refractivity contribution in [2.24, 2.45) is 34.5 Å². The monoisotopic (exact) mass is 459 g/mol. The van der Waals surface area contributed by atoms with Gasteiger partial charge in [0, 0.05) is 16.8 Å². The van der Waals surface area contributed by atoms with Gasteiger partial charge in [-0.15, -0.1) is 12.4 Å². The van der Waals surface area contributed by atoms with E-state index in [-0.39, 0.29) is 28.8 Å². The van der Waals surface area contributed by atoms with Gasteiger partial charge < -0.3 is 0 Å². The van der Waals surface area contributed by atoms with Crippen molar-refractivity contribution in [1.29, 1.82) is 0 Å². The lowest BCUT2D eigenvalue weighted by Gasteiger charge is -2.60. The summed E-state index contributed by atoms with van der Waals surface area (Å²) >= 11 is 0. The fourth-order valence-electron chi connectivity index (χ4n) is 9.30. The van der Waals surface area contributed by atoms with Gasteiger partial charge in [-0.05, 0) is 98.9 Å². The van der Waals surface area contributed by atoms with Gasteiger partial charge in [-0.2, -0.15) is 0 Å². The van der Waals surface area contributed by atoms with Crippen LogP contribution < -0.4 is 0 Å². The van der Waals surface area contributed by atoms with Crippen molar-refractivity contribution in [3.05, 3.63) is 46.0 Å². The lowest BCUT2D eigenvalue weighted by atomic mass is 9.44. The number of rotatable bonds is 6. The quantitative estimate of drug-likeness (QED) is 0.246. The van der Waals surface area contributed by atoms with Crippen LogP contribution in [0.3, 0.4) is 0 Å². The number of hydrogen-bond donors (Lipinski definition) is 0. The Bertz CT molecular complexity index is 785. The standard InChI is InChI=1S/C28H41NO2.ClH/c1-27-18-7-6-12-22(27)13-14-23-24(27)17-20-28(25(23)15-16-26(28)29(30)31)19-8-5-11-21-9-3-2-4-10-21;/h2-4,9-10,22-26H,5-8,11-20H2,1H3;1H/t22-,23-,24+,25+,26+,27+,28+;/m1./s1. The minimum Gasteiger partial charge on any atom is -0.264 e. The maximum Gasteiger partial charge on any atom is 0.218 e. The van der Waals surface area contributed by atoms with Crippen molar-refractivity contribution < 1.29 is 4.92 Å². The smallest absolute Gasteiger partial charge is 0.218 e. The van der Waals surface area contributed by atoms with Crippen LogP contribution in [0, 0.1) is 44.6 Å². The van der Waals surface area contributed by atoms with E-state index in [0.29, 0.717) is 11.3 Å². The minimum atomic E-state index is -0.285. The van der Waals surface area contributed by atoms with E-state index < -0.39 is 0 Å². The van der Waals surface area contributed by atoms with E-state index in [1.54, 1.807) is 0 Å². The predicted molar refractivity (Wildman–Crippen MR) is 133 cm³/mol. The average molecular weight is 460 g/mol. The Labute approximate surface area is 200 Å². The summed E-state index contributed by atoms with van der Waals surface area (Å²) in [6, 6.07) is 10.5. The van der Waals surface area contributed by atoms with Crippen molar-refractivity contribution in [3.8, 4) is 0 Å². The van der Waals surface area contributed by atoms with Gasteiger partial charge >= 0.3 is 0 Å². The molecule has 0 radical (unpaired) electrons. The summed E-state index contributed by atoms with van der Waals surface area (Å²) in [6.45, 7) is 2.61. The Balaban J connectivity index is 0.00000245. The Hall–Kier alpha value is -1.09. The van der Waals surface area contributed by atoms with Gasteiger partial charge in [-0.1, -0.05) is 56.5 Å². The average Bonchev–Trinajstić information content (AvgIpc) is 3.17. The molecule has 178 valence electrons. The Morgan fingerprint density at radius 2 is 1.75 bits per heavy atom. The van der Waals surface area contributed by atoms with Crippen LogP contribution in [0.5, 0.6) is 0 Å². The van der Waals surface area contributed by atoms with E-state index in [0.717, 1.165) is 62.7 Å². The van der Waals surface area contributed by atoms with Crippen LogP contribution in [0.1, 0.15) is 96.0 Å². The first-order chi connectivity index (χ1) is 15.0. The summed E-state index contributed by atoms with van der Waals surface area (Å²) in [5.41, 5.74) is 1.91. The molecule has 4 heteroatoms. The molecular formula is C28H42ClNO2. The van der Waals surface area contributed by atoms with Crippen molar-refractivity contribution in [2.45, 2.75) is 103 Å². The second kappa shape index (κ2) is 9.65. The molecule has 0 aliphatic heterocycles. The molecule has 7 atom stereocenters. The van der Waals surface area contributed by atoms with Crippen molar-refractivity contribution >= 4 is 12.4 Å². The molecule has 4 fully saturated rings. The van der Waals surface area contributed by atoms with Gasteiger partial charge in [-0.3, -0.25) is 10.1 Å². The normalized spacial score (nSPS) is 40.5. The van der Waals surface area contributed by atoms with E-state index in [1.165, 1.54) is 50.5 Å². The number of nitrogens with zero attached hydrogens (tertiary/aromatic N) is 1. The zero-order valence-electron chi connectivity index (χ0n) is 19.8. The summed E-state index contributed by atoms with van der Waals surface area (Å²) in [4.78, 5) is 12.3. The lowest BCUT2D eigenvalue weighted by Crippen LogP contribution is -2.55. The van der Waals surface area contributed by atoms with Gasteiger partial charge in [0.25, 0.3) is 0 Å². The molecule has 1 aromatic rings. The van der Waals surface area contributed by atoms with Gasteiger partial charge in [0.05, 0.1) is 0 Å². The number of aryl methyl sites for hydroxylation is 1. The molecule has 0 heterocycles. The largest absolute Gasteiger partial charge is 0.264 e. The van der Waals surface area contributed by atoms with Crippen molar-refractivity contribution in [1.82, 2.24) is 0 Å². The van der Waals surface area contributed by atoms with Gasteiger partial charge in [0.2, 0.25) is 6.04 Å². The van der Waals surface area contributed by atoms with E-state index in [2.05, 4.69) is 37.3 Å². The molecule has 0 aromatic heterocycles. The summed E-state index contributed by atoms with van der Waals surface area (Å²) < 4.78 is 0. The first kappa shape index (κ1) is 24.0. The van der Waals surface area contributed by atoms with Crippen LogP contribution in [0.15, 0.2) is 30.3 Å². The maximum atomic E-state index is 12.2. The van der Waals surface area contributed by atoms with Crippen LogP contribution in [0.25, 0.3) is 0 Å². The molecule has 0 N–H and O–H groups in total. The zero-order valence-corrected chi connectivity index (χ0v) is 20.7. The van der Waals surface area contributed by atoms with Crippen LogP contribution in [0.2, 0.25) is 0 Å². The molecular weight excluding hydrogens is 418 g/mol. The number of halogens is 1. The number of hydrogen-bond acceptors (Lipinski definition) is 2. The van der Waals surface area contributed by atoms with Gasteiger partial charge in [-0.25, -0.2) is 0 Å². The van der Waals surface area contributed by atoms with Crippen LogP contribution in [-0.2, 0) is 6.42 Å². The second-order valence-corrected chi connectivity index (χ2v) is 11.7. The molecule has 0 spiro atoms. The molecule has 4 saturated carbocycles. The third-order valence-electron chi connectivity index (χ3n) is 10.7. The Kier molecular flexibility index (Phi) is 7.25. The van der Waals surface area contributed by atoms with Crippen LogP contribution in [-0.4, -0.2) is 11.0 Å². The van der Waals surface area contributed by atoms with E-state index in [9.17, 15) is 10.1 Å². The fraction of sp³-hybridized carbons (Fsp3) is 0.786. The maximum absolute atomic E-state index is 12.2. The Morgan fingerprint density at radius 3 is 2.53 bits per heavy atom. The molecule has 4 aliphatic rings. The van der Waals surface area contributed by atoms with Gasteiger partial charge in [0.15, 0.2) is 0 Å². The minimum absolute atomic E-state index is 0. The van der Waals surface area contributed by atoms with E-state index in [4.69, 9.17) is 0 Å². The lowest BCUT2D eigenvalue weighted by molar-refractivity contribution is -0.542. The molecule has 3 nitrogen and oxygen atoms in total. The first-order valence-electron chi connectivity index (χ1n) is 13.2. The highest BCUT2D eigenvalue weighted by Gasteiger charge is 2.64. The number of benzene rings is 1. The van der Waals surface area contributed by atoms with Crippen molar-refractivity contribution in [2.75, 3.05) is 0 Å². The topological polar surface area (TPSA) is 43.1 Å². The molecule has 0 unspecified atom stereocenters. The third kappa shape index (κ3) is 4.01. The molecule has 5 rings (SSSR count). The Morgan fingerprint density at radius 1 is 0.938 bits per heavy atom. The van der Waals surface area contributed by atoms with E-state index in [1.807, 2.05) is 0 Å². The highest BCUT2D eigenvalue weighted by atomic mass is 35.5. The predicted octanol–water partition coefficient (Wildman–Crippen LogP) is 7.88. The molecule has 1 aromatic carbocycles. The van der Waals surface area contributed by atoms with Gasteiger partial charge in [0.1, 0.15) is 0 Å². The fourth-order valence-corrected chi connectivity index (χ4v) is 9.30. The number of fused-ring (bicyclic) bond motifs is 5.